The largest absolute Gasteiger partial charge is 0.491 e. The lowest BCUT2D eigenvalue weighted by molar-refractivity contribution is 0.261. The predicted molar refractivity (Wildman–Crippen MR) is 311 cm³/mol. The van der Waals surface area contributed by atoms with Crippen LogP contribution in [0.4, 0.5) is 48.4 Å². The Balaban J connectivity index is 0.000000188. The van der Waals surface area contributed by atoms with Crippen molar-refractivity contribution in [2.45, 2.75) is 65.5 Å². The molecule has 17 heteroatoms. The summed E-state index contributed by atoms with van der Waals surface area (Å²) in [6, 6.07) is 42.5. The minimum atomic E-state index is -0.541. The van der Waals surface area contributed by atoms with Crippen LogP contribution in [0.15, 0.2) is 140 Å². The number of nitrogens with one attached hydrogen (secondary N) is 6. The lowest BCUT2D eigenvalue weighted by atomic mass is 9.94. The third-order valence-corrected chi connectivity index (χ3v) is 13.0. The molecule has 16 nitrogen and oxygen atoms in total. The first-order chi connectivity index (χ1) is 36.8. The number of carbonyl (C=O) groups excluding carboxylic acids is 2. The molecule has 0 saturated carbocycles. The summed E-state index contributed by atoms with van der Waals surface area (Å²) in [5.74, 6) is 1.56. The van der Waals surface area contributed by atoms with E-state index in [4.69, 9.17) is 32.4 Å². The van der Waals surface area contributed by atoms with E-state index >= 15 is 0 Å². The van der Waals surface area contributed by atoms with Gasteiger partial charge in [-0.05, 0) is 159 Å². The summed E-state index contributed by atoms with van der Waals surface area (Å²) >= 11 is 0. The average molecular weight is 1040 g/mol. The number of carbonyl (C=O) groups is 2. The van der Waals surface area contributed by atoms with Crippen molar-refractivity contribution in [3.63, 3.8) is 0 Å². The van der Waals surface area contributed by atoms with Crippen molar-refractivity contribution in [2.75, 3.05) is 45.9 Å². The van der Waals surface area contributed by atoms with Crippen molar-refractivity contribution in [3.8, 4) is 33.8 Å². The molecule has 2 heterocycles. The van der Waals surface area contributed by atoms with Crippen LogP contribution in [0.25, 0.3) is 65.6 Å². The molecule has 10 aromatic rings. The highest BCUT2D eigenvalue weighted by molar-refractivity contribution is 6.16. The number of aromatic nitrogens is 4. The molecule has 2 aromatic heterocycles. The van der Waals surface area contributed by atoms with Gasteiger partial charge >= 0.3 is 12.1 Å². The zero-order valence-electron chi connectivity index (χ0n) is 43.8. The summed E-state index contributed by atoms with van der Waals surface area (Å²) in [5.41, 5.74) is 33.3. The van der Waals surface area contributed by atoms with Crippen molar-refractivity contribution in [3.05, 3.63) is 156 Å². The second-order valence-electron chi connectivity index (χ2n) is 20.5. The van der Waals surface area contributed by atoms with Crippen molar-refractivity contribution in [1.82, 2.24) is 20.4 Å². The Kier molecular flexibility index (Phi) is 15.0. The maximum atomic E-state index is 14.2. The molecule has 0 spiro atoms. The van der Waals surface area contributed by atoms with Gasteiger partial charge in [-0.1, -0.05) is 78.9 Å². The third-order valence-electron chi connectivity index (χ3n) is 13.0. The number of anilines is 6. The highest BCUT2D eigenvalue weighted by atomic mass is 19.1. The molecule has 77 heavy (non-hydrogen) atoms. The van der Waals surface area contributed by atoms with Crippen LogP contribution in [0, 0.1) is 19.7 Å². The summed E-state index contributed by atoms with van der Waals surface area (Å²) < 4.78 is 26.2. The van der Waals surface area contributed by atoms with Gasteiger partial charge in [-0.3, -0.25) is 10.2 Å². The number of aromatic amines is 2. The van der Waals surface area contributed by atoms with Crippen LogP contribution < -0.4 is 53.7 Å². The number of nitrogen functional groups attached to an aromatic ring is 2. The van der Waals surface area contributed by atoms with Gasteiger partial charge in [0.25, 0.3) is 0 Å². The number of fused-ring (bicyclic) bond motifs is 4. The topological polar surface area (TPSA) is 262 Å². The standard InChI is InChI=1S/C30H31FN6O2.C30H32N6O2/c1-17-8-11-22(31)24(16-17)35-29(38)34-23-12-9-19(18-6-4-5-7-20(18)23)21-10-13-25(39-15-14-30(2,3)33)27-26(21)28(32)37-36-27;1-18-7-6-8-19(17-18)33-29(37)34-24-13-11-21(20-9-4-5-10-22(20)24)23-12-14-25(38-16-15-30(2,3)32)27-26(23)28(31)36-35-27/h4-13,16H,14-15,33H2,1-3H3,(H3,32,36,37)(H2,34,35,38);4-14,17H,15-16,32H2,1-3H3,(H3,31,35,36)(H2,33,34,37). The molecule has 0 aliphatic heterocycles. The van der Waals surface area contributed by atoms with Crippen LogP contribution in [0.5, 0.6) is 11.5 Å². The van der Waals surface area contributed by atoms with E-state index in [1.807, 2.05) is 163 Å². The first-order valence-corrected chi connectivity index (χ1v) is 25.2. The highest BCUT2D eigenvalue weighted by Crippen LogP contribution is 2.43. The van der Waals surface area contributed by atoms with Gasteiger partial charge in [-0.15, -0.1) is 0 Å². The predicted octanol–water partition coefficient (Wildman–Crippen LogP) is 13.0. The van der Waals surface area contributed by atoms with Gasteiger partial charge in [0, 0.05) is 27.5 Å². The molecule has 0 unspecified atom stereocenters. The molecule has 8 aromatic carbocycles. The van der Waals surface area contributed by atoms with Crippen LogP contribution in [0.1, 0.15) is 51.7 Å². The smallest absolute Gasteiger partial charge is 0.323 e. The molecular formula is C60H63FN12O4. The maximum absolute atomic E-state index is 14.2. The Morgan fingerprint density at radius 1 is 0.519 bits per heavy atom. The van der Waals surface area contributed by atoms with Gasteiger partial charge in [-0.2, -0.15) is 10.2 Å². The maximum Gasteiger partial charge on any atom is 0.323 e. The van der Waals surface area contributed by atoms with Gasteiger partial charge in [0.05, 0.1) is 41.0 Å². The zero-order chi connectivity index (χ0) is 54.6. The zero-order valence-corrected chi connectivity index (χ0v) is 43.8. The van der Waals surface area contributed by atoms with Crippen LogP contribution >= 0.6 is 0 Å². The second-order valence-corrected chi connectivity index (χ2v) is 20.5. The van der Waals surface area contributed by atoms with Crippen LogP contribution in [0.3, 0.4) is 0 Å². The van der Waals surface area contributed by atoms with Crippen LogP contribution in [-0.2, 0) is 0 Å². The highest BCUT2D eigenvalue weighted by Gasteiger charge is 2.21. The number of H-pyrrole nitrogens is 2. The number of amides is 4. The summed E-state index contributed by atoms with van der Waals surface area (Å²) in [5, 5.41) is 31.0. The molecule has 0 fully saturated rings. The molecule has 0 saturated heterocycles. The fourth-order valence-corrected chi connectivity index (χ4v) is 9.11. The third kappa shape index (κ3) is 12.2. The summed E-state index contributed by atoms with van der Waals surface area (Å²) in [4.78, 5) is 25.6. The number of rotatable bonds is 14. The SMILES string of the molecule is Cc1ccc(F)c(NC(=O)Nc2ccc(-c3ccc(OCCC(C)(C)N)c4[nH]nc(N)c34)c3ccccc23)c1.Cc1cccc(NC(=O)Nc2ccc(-c3ccc(OCCC(C)(C)N)c4[nH]nc(N)c34)c3ccccc23)c1. The Bertz CT molecular complexity index is 3820. The second kappa shape index (κ2) is 22.0. The van der Waals surface area contributed by atoms with Crippen molar-refractivity contribution < 1.29 is 23.5 Å². The molecule has 0 bridgehead atoms. The van der Waals surface area contributed by atoms with Crippen molar-refractivity contribution >= 4 is 89.8 Å². The van der Waals surface area contributed by atoms with Crippen LogP contribution in [-0.4, -0.2) is 56.7 Å². The fourth-order valence-electron chi connectivity index (χ4n) is 9.11. The van der Waals surface area contributed by atoms with E-state index in [-0.39, 0.29) is 22.8 Å². The molecule has 0 aliphatic rings. The van der Waals surface area contributed by atoms with Gasteiger partial charge in [0.15, 0.2) is 11.6 Å². The Hall–Kier alpha value is -9.19. The summed E-state index contributed by atoms with van der Waals surface area (Å²) in [6.45, 7) is 12.6. The molecule has 394 valence electrons. The van der Waals surface area contributed by atoms with Gasteiger partial charge in [0.1, 0.15) is 28.3 Å². The van der Waals surface area contributed by atoms with Crippen molar-refractivity contribution in [2.24, 2.45) is 11.5 Å². The van der Waals surface area contributed by atoms with E-state index in [9.17, 15) is 14.0 Å². The number of halogens is 1. The lowest BCUT2D eigenvalue weighted by Crippen LogP contribution is -2.33. The first-order valence-electron chi connectivity index (χ1n) is 25.2. The minimum absolute atomic E-state index is 0.114. The number of hydrogen-bond donors (Lipinski definition) is 10. The molecule has 0 radical (unpaired) electrons. The fraction of sp³-hybridized carbons (Fsp3) is 0.200. The quantitative estimate of drug-likeness (QED) is 0.0492. The number of urea groups is 2. The van der Waals surface area contributed by atoms with E-state index in [2.05, 4.69) is 41.7 Å². The van der Waals surface area contributed by atoms with E-state index in [0.29, 0.717) is 66.1 Å². The molecule has 14 N–H and O–H groups in total. The summed E-state index contributed by atoms with van der Waals surface area (Å²) in [6.07, 6.45) is 1.39. The number of aryl methyl sites for hydroxylation is 2. The number of ether oxygens (including phenoxy) is 2. The molecule has 0 atom stereocenters. The molecular weight excluding hydrogens is 972 g/mol. The van der Waals surface area contributed by atoms with Gasteiger partial charge in [-0.25, -0.2) is 14.0 Å². The number of nitrogens with zero attached hydrogens (tertiary/aromatic N) is 2. The van der Waals surface area contributed by atoms with Gasteiger partial charge in [0.2, 0.25) is 0 Å². The molecule has 0 aliphatic carbocycles. The Morgan fingerprint density at radius 3 is 1.44 bits per heavy atom. The average Bonchev–Trinajstić information content (AvgIpc) is 4.01. The van der Waals surface area contributed by atoms with E-state index in [0.717, 1.165) is 76.9 Å². The number of hydrogen-bond acceptors (Lipinski definition) is 10. The molecule has 10 rings (SSSR count). The number of nitrogens with two attached hydrogens (primary N) is 4. The lowest BCUT2D eigenvalue weighted by Gasteiger charge is -2.19. The Morgan fingerprint density at radius 2 is 0.961 bits per heavy atom. The van der Waals surface area contributed by atoms with E-state index in [1.54, 1.807) is 12.1 Å². The minimum Gasteiger partial charge on any atom is -0.491 e. The van der Waals surface area contributed by atoms with Crippen molar-refractivity contribution in [1.29, 1.82) is 0 Å². The number of benzene rings is 8. The molecule has 4 amide bonds. The van der Waals surface area contributed by atoms with Crippen LogP contribution in [0.2, 0.25) is 0 Å². The van der Waals surface area contributed by atoms with E-state index in [1.165, 1.54) is 6.07 Å². The first kappa shape index (κ1) is 52.7. The Labute approximate surface area is 445 Å². The van der Waals surface area contributed by atoms with Gasteiger partial charge < -0.3 is 53.7 Å². The summed E-state index contributed by atoms with van der Waals surface area (Å²) in [7, 11) is 0. The van der Waals surface area contributed by atoms with E-state index < -0.39 is 11.8 Å². The monoisotopic (exact) mass is 1030 g/mol. The normalized spacial score (nSPS) is 11.6.